The number of non-ortho nitro benzene ring substituents is 1. The number of nitro groups is 1. The first-order chi connectivity index (χ1) is 12.4. The Balaban J connectivity index is 1.71. The number of hydrogen-bond donors (Lipinski definition) is 1. The molecule has 2 heterocycles. The molecule has 0 bridgehead atoms. The normalized spacial score (nSPS) is 12.3. The first-order valence-corrected chi connectivity index (χ1v) is 8.69. The van der Waals surface area contributed by atoms with Crippen LogP contribution in [0, 0.1) is 24.0 Å². The third-order valence-corrected chi connectivity index (χ3v) is 5.15. The molecule has 0 saturated heterocycles. The smallest absolute Gasteiger partial charge is 0.273 e. The van der Waals surface area contributed by atoms with Crippen LogP contribution >= 0.6 is 11.3 Å². The fourth-order valence-corrected chi connectivity index (χ4v) is 3.55. The number of aliphatic hydroxyl groups excluding tert-OH is 1. The van der Waals surface area contributed by atoms with Crippen molar-refractivity contribution < 1.29 is 14.8 Å². The maximum absolute atomic E-state index is 12.6. The molecule has 1 N–H and O–H groups in total. The summed E-state index contributed by atoms with van der Waals surface area (Å²) in [4.78, 5) is 28.8. The second kappa shape index (κ2) is 7.22. The van der Waals surface area contributed by atoms with Gasteiger partial charge in [-0.25, -0.2) is 4.98 Å². The van der Waals surface area contributed by atoms with Gasteiger partial charge in [0.1, 0.15) is 23.3 Å². The number of nitro benzene ring substituents is 1. The second-order valence-corrected chi connectivity index (χ2v) is 7.09. The minimum atomic E-state index is -0.966. The highest BCUT2D eigenvalue weighted by Gasteiger charge is 2.15. The quantitative estimate of drug-likeness (QED) is 0.524. The Bertz CT molecular complexity index is 1030. The fourth-order valence-electron chi connectivity index (χ4n) is 2.56. The zero-order valence-corrected chi connectivity index (χ0v) is 15.0. The third kappa shape index (κ3) is 3.58. The predicted molar refractivity (Wildman–Crippen MR) is 98.0 cm³/mol. The van der Waals surface area contributed by atoms with E-state index < -0.39 is 11.0 Å². The van der Waals surface area contributed by atoms with Gasteiger partial charge >= 0.3 is 0 Å². The zero-order chi connectivity index (χ0) is 18.8. The topological polar surface area (TPSA) is 107 Å². The second-order valence-electron chi connectivity index (χ2n) is 5.88. The summed E-state index contributed by atoms with van der Waals surface area (Å²) >= 11 is 1.47. The molecule has 0 fully saturated rings. The maximum atomic E-state index is 12.6. The van der Waals surface area contributed by atoms with Gasteiger partial charge in [0.25, 0.3) is 11.2 Å². The molecule has 1 atom stereocenters. The zero-order valence-electron chi connectivity index (χ0n) is 14.2. The van der Waals surface area contributed by atoms with Gasteiger partial charge in [-0.2, -0.15) is 0 Å². The van der Waals surface area contributed by atoms with Crippen LogP contribution in [0.2, 0.25) is 0 Å². The average molecular weight is 375 g/mol. The molecular formula is C17H17N3O5S. The van der Waals surface area contributed by atoms with Crippen molar-refractivity contribution in [1.82, 2.24) is 9.55 Å². The van der Waals surface area contributed by atoms with Gasteiger partial charge in [-0.1, -0.05) is 6.07 Å². The highest BCUT2D eigenvalue weighted by atomic mass is 32.1. The van der Waals surface area contributed by atoms with Gasteiger partial charge in [-0.05, 0) is 25.5 Å². The lowest BCUT2D eigenvalue weighted by Crippen LogP contribution is -2.30. The monoisotopic (exact) mass is 375 g/mol. The van der Waals surface area contributed by atoms with E-state index in [0.717, 1.165) is 10.4 Å². The number of aryl methyl sites for hydroxylation is 2. The van der Waals surface area contributed by atoms with E-state index in [1.807, 2.05) is 13.8 Å². The Morgan fingerprint density at radius 1 is 1.42 bits per heavy atom. The molecule has 0 unspecified atom stereocenters. The van der Waals surface area contributed by atoms with E-state index in [2.05, 4.69) is 4.98 Å². The van der Waals surface area contributed by atoms with Gasteiger partial charge in [0.2, 0.25) is 0 Å². The van der Waals surface area contributed by atoms with E-state index in [1.54, 1.807) is 6.07 Å². The summed E-state index contributed by atoms with van der Waals surface area (Å²) in [5.41, 5.74) is 0.608. The van der Waals surface area contributed by atoms with Crippen LogP contribution in [-0.4, -0.2) is 32.3 Å². The van der Waals surface area contributed by atoms with Gasteiger partial charge in [0.05, 0.1) is 29.2 Å². The number of hydrogen-bond acceptors (Lipinski definition) is 7. The summed E-state index contributed by atoms with van der Waals surface area (Å²) in [5.74, 6) is 0.281. The number of benzene rings is 1. The molecule has 0 radical (unpaired) electrons. The van der Waals surface area contributed by atoms with Crippen molar-refractivity contribution in [3.05, 3.63) is 61.5 Å². The first kappa shape index (κ1) is 18.0. The van der Waals surface area contributed by atoms with E-state index >= 15 is 0 Å². The Hall–Kier alpha value is -2.78. The highest BCUT2D eigenvalue weighted by Crippen LogP contribution is 2.25. The summed E-state index contributed by atoms with van der Waals surface area (Å²) in [6.07, 6.45) is 0.447. The predicted octanol–water partition coefficient (Wildman–Crippen LogP) is 2.42. The summed E-state index contributed by atoms with van der Waals surface area (Å²) in [5, 5.41) is 21.5. The summed E-state index contributed by atoms with van der Waals surface area (Å²) in [6.45, 7) is 3.73. The van der Waals surface area contributed by atoms with Crippen molar-refractivity contribution in [2.45, 2.75) is 26.5 Å². The SMILES string of the molecule is Cc1sc2ncn(C[C@@H](O)COc3cccc([N+](=O)[O-])c3)c(=O)c2c1C. The Morgan fingerprint density at radius 3 is 2.92 bits per heavy atom. The molecule has 8 nitrogen and oxygen atoms in total. The van der Waals surface area contributed by atoms with Crippen LogP contribution in [0.3, 0.4) is 0 Å². The van der Waals surface area contributed by atoms with E-state index in [4.69, 9.17) is 4.74 Å². The summed E-state index contributed by atoms with van der Waals surface area (Å²) in [6, 6.07) is 5.71. The molecule has 26 heavy (non-hydrogen) atoms. The van der Waals surface area contributed by atoms with Gasteiger partial charge in [0.15, 0.2) is 0 Å². The van der Waals surface area contributed by atoms with Crippen LogP contribution in [0.15, 0.2) is 35.4 Å². The lowest BCUT2D eigenvalue weighted by Gasteiger charge is -2.13. The molecule has 9 heteroatoms. The molecule has 0 spiro atoms. The lowest BCUT2D eigenvalue weighted by atomic mass is 10.2. The Kier molecular flexibility index (Phi) is 5.01. The molecule has 0 aliphatic rings. The van der Waals surface area contributed by atoms with E-state index in [-0.39, 0.29) is 30.1 Å². The molecule has 0 aliphatic heterocycles. The summed E-state index contributed by atoms with van der Waals surface area (Å²) in [7, 11) is 0. The van der Waals surface area contributed by atoms with E-state index in [9.17, 15) is 20.0 Å². The van der Waals surface area contributed by atoms with Crippen molar-refractivity contribution in [3.8, 4) is 5.75 Å². The Labute approximate surface area is 152 Å². The minimum Gasteiger partial charge on any atom is -0.491 e. The number of nitrogens with zero attached hydrogens (tertiary/aromatic N) is 3. The highest BCUT2D eigenvalue weighted by molar-refractivity contribution is 7.18. The number of fused-ring (bicyclic) bond motifs is 1. The Morgan fingerprint density at radius 2 is 2.19 bits per heavy atom. The summed E-state index contributed by atoms with van der Waals surface area (Å²) < 4.78 is 6.75. The number of aromatic nitrogens is 2. The van der Waals surface area contributed by atoms with Crippen molar-refractivity contribution >= 4 is 27.2 Å². The average Bonchev–Trinajstić information content (AvgIpc) is 2.91. The lowest BCUT2D eigenvalue weighted by molar-refractivity contribution is -0.384. The van der Waals surface area contributed by atoms with Crippen LogP contribution in [-0.2, 0) is 6.54 Å². The molecule has 0 amide bonds. The number of rotatable bonds is 6. The molecule has 0 aliphatic carbocycles. The van der Waals surface area contributed by atoms with Crippen LogP contribution in [0.1, 0.15) is 10.4 Å². The molecule has 1 aromatic carbocycles. The minimum absolute atomic E-state index is 0.0189. The fraction of sp³-hybridized carbons (Fsp3) is 0.294. The van der Waals surface area contributed by atoms with Crippen LogP contribution in [0.5, 0.6) is 5.75 Å². The van der Waals surface area contributed by atoms with Crippen LogP contribution in [0.4, 0.5) is 5.69 Å². The van der Waals surface area contributed by atoms with Crippen molar-refractivity contribution in [3.63, 3.8) is 0 Å². The molecule has 2 aromatic heterocycles. The standard InChI is InChI=1S/C17H17N3O5S/c1-10-11(2)26-16-15(10)17(22)19(9-18-16)7-13(21)8-25-14-5-3-4-12(6-14)20(23)24/h3-6,9,13,21H,7-8H2,1-2H3/t13-/m1/s1. The van der Waals surface area contributed by atoms with Gasteiger partial charge < -0.3 is 9.84 Å². The van der Waals surface area contributed by atoms with Crippen molar-refractivity contribution in [1.29, 1.82) is 0 Å². The molecule has 3 aromatic rings. The largest absolute Gasteiger partial charge is 0.491 e. The molecule has 0 saturated carbocycles. The van der Waals surface area contributed by atoms with E-state index in [0.29, 0.717) is 10.2 Å². The van der Waals surface area contributed by atoms with E-state index in [1.165, 1.54) is 40.4 Å². The van der Waals surface area contributed by atoms with Crippen molar-refractivity contribution in [2.24, 2.45) is 0 Å². The van der Waals surface area contributed by atoms with Crippen molar-refractivity contribution in [2.75, 3.05) is 6.61 Å². The number of thiophene rings is 1. The molecular weight excluding hydrogens is 358 g/mol. The van der Waals surface area contributed by atoms with Crippen LogP contribution in [0.25, 0.3) is 10.2 Å². The van der Waals surface area contributed by atoms with Crippen LogP contribution < -0.4 is 10.3 Å². The number of ether oxygens (including phenoxy) is 1. The van der Waals surface area contributed by atoms with Gasteiger partial charge in [-0.3, -0.25) is 19.5 Å². The van der Waals surface area contributed by atoms with Gasteiger partial charge in [-0.15, -0.1) is 11.3 Å². The third-order valence-electron chi connectivity index (χ3n) is 4.03. The number of aliphatic hydroxyl groups is 1. The van der Waals surface area contributed by atoms with Gasteiger partial charge in [0, 0.05) is 10.9 Å². The maximum Gasteiger partial charge on any atom is 0.273 e. The molecule has 136 valence electrons. The first-order valence-electron chi connectivity index (χ1n) is 7.87. The molecule has 3 rings (SSSR count).